The van der Waals surface area contributed by atoms with Gasteiger partial charge in [-0.05, 0) is 42.3 Å². The molecule has 1 N–H and O–H groups in total. The molecule has 20 heavy (non-hydrogen) atoms. The van der Waals surface area contributed by atoms with Gasteiger partial charge in [-0.3, -0.25) is 9.79 Å². The number of thioether (sulfide) groups is 1. The predicted molar refractivity (Wildman–Crippen MR) is 84.9 cm³/mol. The molecule has 1 saturated carbocycles. The molecule has 1 aromatic carbocycles. The van der Waals surface area contributed by atoms with Crippen LogP contribution in [0, 0.1) is 0 Å². The zero-order valence-corrected chi connectivity index (χ0v) is 12.5. The molecular formula is C15H15ClN2OS. The van der Waals surface area contributed by atoms with Crippen molar-refractivity contribution in [2.45, 2.75) is 31.7 Å². The van der Waals surface area contributed by atoms with E-state index in [0.717, 1.165) is 23.6 Å². The lowest BCUT2D eigenvalue weighted by Crippen LogP contribution is -2.21. The average Bonchev–Trinajstić information content (AvgIpc) is 3.04. The number of benzene rings is 1. The van der Waals surface area contributed by atoms with Gasteiger partial charge in [-0.25, -0.2) is 0 Å². The highest BCUT2D eigenvalue weighted by atomic mass is 35.5. The fourth-order valence-corrected chi connectivity index (χ4v) is 3.49. The Morgan fingerprint density at radius 3 is 2.80 bits per heavy atom. The molecular weight excluding hydrogens is 292 g/mol. The van der Waals surface area contributed by atoms with Crippen LogP contribution in [0.1, 0.15) is 31.2 Å². The molecule has 104 valence electrons. The number of aliphatic imine (C=N–C) groups is 1. The minimum Gasteiger partial charge on any atom is -0.301 e. The lowest BCUT2D eigenvalue weighted by molar-refractivity contribution is -0.115. The average molecular weight is 307 g/mol. The molecule has 0 atom stereocenters. The molecule has 1 aromatic rings. The predicted octanol–water partition coefficient (Wildman–Crippen LogP) is 3.84. The molecule has 0 aromatic heterocycles. The van der Waals surface area contributed by atoms with Crippen LogP contribution in [0.15, 0.2) is 34.2 Å². The van der Waals surface area contributed by atoms with E-state index in [4.69, 9.17) is 11.6 Å². The Hall–Kier alpha value is -1.26. The number of amidine groups is 1. The van der Waals surface area contributed by atoms with Crippen LogP contribution in [0.5, 0.6) is 0 Å². The van der Waals surface area contributed by atoms with E-state index < -0.39 is 0 Å². The van der Waals surface area contributed by atoms with Gasteiger partial charge in [-0.1, -0.05) is 42.6 Å². The molecule has 0 spiro atoms. The van der Waals surface area contributed by atoms with E-state index in [1.165, 1.54) is 24.6 Å². The van der Waals surface area contributed by atoms with Gasteiger partial charge in [-0.15, -0.1) is 0 Å². The minimum atomic E-state index is -0.0910. The largest absolute Gasteiger partial charge is 0.301 e. The van der Waals surface area contributed by atoms with E-state index in [9.17, 15) is 4.79 Å². The second kappa shape index (κ2) is 6.02. The molecule has 0 radical (unpaired) electrons. The van der Waals surface area contributed by atoms with Crippen LogP contribution in [-0.4, -0.2) is 17.1 Å². The molecule has 1 aliphatic carbocycles. The third kappa shape index (κ3) is 3.07. The third-order valence-electron chi connectivity index (χ3n) is 3.47. The van der Waals surface area contributed by atoms with Crippen molar-refractivity contribution in [2.75, 3.05) is 0 Å². The highest BCUT2D eigenvalue weighted by molar-refractivity contribution is 8.18. The van der Waals surface area contributed by atoms with E-state index in [-0.39, 0.29) is 5.91 Å². The number of halogens is 1. The maximum atomic E-state index is 11.9. The van der Waals surface area contributed by atoms with Crippen molar-refractivity contribution in [3.63, 3.8) is 0 Å². The van der Waals surface area contributed by atoms with Crippen LogP contribution >= 0.6 is 23.4 Å². The zero-order valence-electron chi connectivity index (χ0n) is 10.9. The summed E-state index contributed by atoms with van der Waals surface area (Å²) >= 11 is 7.51. The number of nitrogens with zero attached hydrogens (tertiary/aromatic N) is 1. The number of nitrogens with one attached hydrogen (secondary N) is 1. The maximum Gasteiger partial charge on any atom is 0.264 e. The molecule has 1 heterocycles. The first-order valence-corrected chi connectivity index (χ1v) is 7.95. The van der Waals surface area contributed by atoms with Crippen molar-refractivity contribution in [3.05, 3.63) is 39.8 Å². The number of carbonyl (C=O) groups excluding carboxylic acids is 1. The monoisotopic (exact) mass is 306 g/mol. The van der Waals surface area contributed by atoms with Crippen molar-refractivity contribution in [3.8, 4) is 0 Å². The Kier molecular flexibility index (Phi) is 4.13. The van der Waals surface area contributed by atoms with E-state index in [1.54, 1.807) is 0 Å². The first-order chi connectivity index (χ1) is 9.72. The second-order valence-corrected chi connectivity index (χ2v) is 6.40. The Morgan fingerprint density at radius 2 is 2.05 bits per heavy atom. The van der Waals surface area contributed by atoms with Crippen LogP contribution in [-0.2, 0) is 4.79 Å². The van der Waals surface area contributed by atoms with Crippen molar-refractivity contribution in [2.24, 2.45) is 4.99 Å². The van der Waals surface area contributed by atoms with Gasteiger partial charge in [-0.2, -0.15) is 0 Å². The molecule has 0 bridgehead atoms. The smallest absolute Gasteiger partial charge is 0.264 e. The van der Waals surface area contributed by atoms with Gasteiger partial charge >= 0.3 is 0 Å². The van der Waals surface area contributed by atoms with Crippen molar-refractivity contribution >= 4 is 40.5 Å². The highest BCUT2D eigenvalue weighted by Gasteiger charge is 2.25. The Bertz CT molecular complexity index is 591. The standard InChI is InChI=1S/C15H15ClN2OS/c16-12-8-4-1-5-10(12)9-13-14(19)18-15(20-13)17-11-6-2-3-7-11/h1,4-5,8-9,11H,2-3,6-7H2,(H,17,18,19)/b13-9-. The summed E-state index contributed by atoms with van der Waals surface area (Å²) in [6, 6.07) is 7.87. The van der Waals surface area contributed by atoms with Gasteiger partial charge in [0.05, 0.1) is 10.9 Å². The number of rotatable bonds is 2. The summed E-state index contributed by atoms with van der Waals surface area (Å²) in [7, 11) is 0. The van der Waals surface area contributed by atoms with E-state index in [1.807, 2.05) is 30.3 Å². The van der Waals surface area contributed by atoms with Gasteiger partial charge in [0, 0.05) is 5.02 Å². The van der Waals surface area contributed by atoms with E-state index in [0.29, 0.717) is 16.0 Å². The van der Waals surface area contributed by atoms with Crippen molar-refractivity contribution in [1.29, 1.82) is 0 Å². The molecule has 3 nitrogen and oxygen atoms in total. The normalized spacial score (nSPS) is 23.8. The van der Waals surface area contributed by atoms with Crippen LogP contribution in [0.4, 0.5) is 0 Å². The van der Waals surface area contributed by atoms with E-state index >= 15 is 0 Å². The van der Waals surface area contributed by atoms with Gasteiger partial charge in [0.1, 0.15) is 0 Å². The number of amides is 1. The third-order valence-corrected chi connectivity index (χ3v) is 4.74. The molecule has 5 heteroatoms. The van der Waals surface area contributed by atoms with Crippen molar-refractivity contribution < 1.29 is 4.79 Å². The molecule has 1 amide bonds. The molecule has 0 unspecified atom stereocenters. The van der Waals surface area contributed by atoms with Crippen molar-refractivity contribution in [1.82, 2.24) is 5.32 Å². The fraction of sp³-hybridized carbons (Fsp3) is 0.333. The van der Waals surface area contributed by atoms with Crippen LogP contribution < -0.4 is 5.32 Å². The minimum absolute atomic E-state index is 0.0910. The molecule has 1 aliphatic heterocycles. The van der Waals surface area contributed by atoms with Crippen LogP contribution in [0.25, 0.3) is 6.08 Å². The van der Waals surface area contributed by atoms with Gasteiger partial charge in [0.15, 0.2) is 5.17 Å². The quantitative estimate of drug-likeness (QED) is 0.843. The Morgan fingerprint density at radius 1 is 1.30 bits per heavy atom. The first-order valence-electron chi connectivity index (χ1n) is 6.75. The lowest BCUT2D eigenvalue weighted by Gasteiger charge is -2.02. The van der Waals surface area contributed by atoms with Crippen LogP contribution in [0.2, 0.25) is 5.02 Å². The summed E-state index contributed by atoms with van der Waals surface area (Å²) in [6.45, 7) is 0. The SMILES string of the molecule is O=C1NC(=NC2CCCC2)S/C1=C\c1ccccc1Cl. The summed E-state index contributed by atoms with van der Waals surface area (Å²) in [6.07, 6.45) is 6.55. The van der Waals surface area contributed by atoms with Gasteiger partial charge < -0.3 is 5.32 Å². The number of hydrogen-bond donors (Lipinski definition) is 1. The summed E-state index contributed by atoms with van der Waals surface area (Å²) in [4.78, 5) is 17.2. The number of carbonyl (C=O) groups is 1. The van der Waals surface area contributed by atoms with Gasteiger partial charge in [0.2, 0.25) is 0 Å². The number of hydrogen-bond acceptors (Lipinski definition) is 3. The molecule has 1 saturated heterocycles. The highest BCUT2D eigenvalue weighted by Crippen LogP contribution is 2.30. The molecule has 2 fully saturated rings. The first kappa shape index (κ1) is 13.7. The van der Waals surface area contributed by atoms with Gasteiger partial charge in [0.25, 0.3) is 5.91 Å². The Labute approximate surface area is 127 Å². The summed E-state index contributed by atoms with van der Waals surface area (Å²) in [5.41, 5.74) is 0.855. The molecule has 2 aliphatic rings. The zero-order chi connectivity index (χ0) is 13.9. The van der Waals surface area contributed by atoms with Crippen LogP contribution in [0.3, 0.4) is 0 Å². The lowest BCUT2D eigenvalue weighted by atomic mass is 10.2. The molecule has 3 rings (SSSR count). The van der Waals surface area contributed by atoms with E-state index in [2.05, 4.69) is 10.3 Å². The summed E-state index contributed by atoms with van der Waals surface area (Å²) < 4.78 is 0. The topological polar surface area (TPSA) is 41.5 Å². The fourth-order valence-electron chi connectivity index (χ4n) is 2.42. The maximum absolute atomic E-state index is 11.9. The summed E-state index contributed by atoms with van der Waals surface area (Å²) in [5, 5.41) is 4.20. The Balaban J connectivity index is 1.78. The summed E-state index contributed by atoms with van der Waals surface area (Å²) in [5.74, 6) is -0.0910. The second-order valence-electron chi connectivity index (χ2n) is 4.96.